The number of hydrogen-bond acceptors (Lipinski definition) is 4. The quantitative estimate of drug-likeness (QED) is 0.798. The van der Waals surface area contributed by atoms with Crippen LogP contribution in [-0.4, -0.2) is 27.2 Å². The van der Waals surface area contributed by atoms with Crippen molar-refractivity contribution in [3.8, 4) is 10.6 Å². The van der Waals surface area contributed by atoms with Gasteiger partial charge in [0.25, 0.3) is 5.91 Å². The lowest BCUT2D eigenvalue weighted by Gasteiger charge is -2.02. The minimum absolute atomic E-state index is 0.0301. The molecule has 0 saturated heterocycles. The van der Waals surface area contributed by atoms with Crippen LogP contribution in [0.1, 0.15) is 35.1 Å². The maximum Gasteiger partial charge on any atom is 0.251 e. The van der Waals surface area contributed by atoms with E-state index in [1.165, 1.54) is 0 Å². The average Bonchev–Trinajstić information content (AvgIpc) is 3.04. The molecular weight excluding hydrogens is 308 g/mol. The zero-order valence-electron chi connectivity index (χ0n) is 13.8. The van der Waals surface area contributed by atoms with Gasteiger partial charge in [0.1, 0.15) is 5.01 Å². The van der Waals surface area contributed by atoms with E-state index in [1.54, 1.807) is 11.3 Å². The Morgan fingerprint density at radius 1 is 1.35 bits per heavy atom. The molecule has 6 heteroatoms. The fourth-order valence-corrected chi connectivity index (χ4v) is 3.75. The summed E-state index contributed by atoms with van der Waals surface area (Å²) in [5.41, 5.74) is 4.76. The number of benzene rings is 1. The van der Waals surface area contributed by atoms with Crippen molar-refractivity contribution < 1.29 is 4.79 Å². The van der Waals surface area contributed by atoms with Crippen molar-refractivity contribution in [1.29, 1.82) is 0 Å². The molecule has 2 heterocycles. The fourth-order valence-electron chi connectivity index (χ4n) is 2.60. The third-order valence-electron chi connectivity index (χ3n) is 3.91. The zero-order valence-corrected chi connectivity index (χ0v) is 14.6. The molecule has 1 amide bonds. The summed E-state index contributed by atoms with van der Waals surface area (Å²) in [5.74, 6) is -0.0301. The van der Waals surface area contributed by atoms with E-state index in [2.05, 4.69) is 10.4 Å². The first kappa shape index (κ1) is 15.7. The van der Waals surface area contributed by atoms with Crippen molar-refractivity contribution in [3.63, 3.8) is 0 Å². The summed E-state index contributed by atoms with van der Waals surface area (Å²) in [6.45, 7) is 6.78. The molecule has 0 spiro atoms. The average molecular weight is 328 g/mol. The normalized spacial score (nSPS) is 11.1. The molecule has 0 saturated carbocycles. The van der Waals surface area contributed by atoms with Gasteiger partial charge in [0.05, 0.1) is 21.5 Å². The second kappa shape index (κ2) is 6.12. The van der Waals surface area contributed by atoms with Crippen LogP contribution in [0.4, 0.5) is 0 Å². The molecule has 0 aliphatic rings. The number of thiazole rings is 1. The van der Waals surface area contributed by atoms with E-state index < -0.39 is 0 Å². The summed E-state index contributed by atoms with van der Waals surface area (Å²) in [6.07, 6.45) is 0.929. The summed E-state index contributed by atoms with van der Waals surface area (Å²) in [6, 6.07) is 5.67. The molecule has 120 valence electrons. The molecule has 0 unspecified atom stereocenters. The first-order chi connectivity index (χ1) is 11.0. The summed E-state index contributed by atoms with van der Waals surface area (Å²) in [5, 5.41) is 8.31. The first-order valence-corrected chi connectivity index (χ1v) is 8.52. The predicted octanol–water partition coefficient (Wildman–Crippen LogP) is 3.45. The lowest BCUT2D eigenvalue weighted by atomic mass is 10.2. The number of aromatic nitrogens is 3. The van der Waals surface area contributed by atoms with E-state index in [0.29, 0.717) is 12.1 Å². The van der Waals surface area contributed by atoms with Crippen molar-refractivity contribution in [2.45, 2.75) is 27.2 Å². The molecule has 0 aliphatic heterocycles. The topological polar surface area (TPSA) is 59.8 Å². The van der Waals surface area contributed by atoms with Gasteiger partial charge in [0.15, 0.2) is 0 Å². The SMILES string of the molecule is CCCNC(=O)c1ccc2nc(-c3c(C)nn(C)c3C)sc2c1. The monoisotopic (exact) mass is 328 g/mol. The van der Waals surface area contributed by atoms with Crippen LogP contribution in [0, 0.1) is 13.8 Å². The van der Waals surface area contributed by atoms with Crippen LogP contribution in [0.3, 0.4) is 0 Å². The number of rotatable bonds is 4. The number of carbonyl (C=O) groups excluding carboxylic acids is 1. The zero-order chi connectivity index (χ0) is 16.6. The molecule has 0 radical (unpaired) electrons. The van der Waals surface area contributed by atoms with E-state index in [4.69, 9.17) is 4.98 Å². The van der Waals surface area contributed by atoms with Crippen LogP contribution in [0.25, 0.3) is 20.8 Å². The lowest BCUT2D eigenvalue weighted by molar-refractivity contribution is 0.0954. The molecule has 0 fully saturated rings. The second-order valence-corrected chi connectivity index (χ2v) is 6.66. The van der Waals surface area contributed by atoms with E-state index in [1.807, 2.05) is 50.7 Å². The number of aryl methyl sites for hydroxylation is 2. The van der Waals surface area contributed by atoms with Crippen LogP contribution in [0.2, 0.25) is 0 Å². The summed E-state index contributed by atoms with van der Waals surface area (Å²) in [4.78, 5) is 16.8. The van der Waals surface area contributed by atoms with Crippen molar-refractivity contribution in [2.24, 2.45) is 7.05 Å². The highest BCUT2D eigenvalue weighted by Crippen LogP contribution is 2.34. The molecule has 3 aromatic rings. The highest BCUT2D eigenvalue weighted by molar-refractivity contribution is 7.21. The number of fused-ring (bicyclic) bond motifs is 1. The Morgan fingerprint density at radius 2 is 2.13 bits per heavy atom. The number of hydrogen-bond donors (Lipinski definition) is 1. The van der Waals surface area contributed by atoms with Crippen LogP contribution in [0.5, 0.6) is 0 Å². The Morgan fingerprint density at radius 3 is 2.78 bits per heavy atom. The third-order valence-corrected chi connectivity index (χ3v) is 4.94. The number of carbonyl (C=O) groups is 1. The molecular formula is C17H20N4OS. The van der Waals surface area contributed by atoms with Gasteiger partial charge in [-0.2, -0.15) is 5.10 Å². The highest BCUT2D eigenvalue weighted by Gasteiger charge is 2.16. The summed E-state index contributed by atoms with van der Waals surface area (Å²) >= 11 is 1.60. The Labute approximate surface area is 139 Å². The molecule has 1 aromatic carbocycles. The standard InChI is InChI=1S/C17H20N4OS/c1-5-8-18-16(22)12-6-7-13-14(9-12)23-17(19-13)15-10(2)20-21(4)11(15)3/h6-7,9H,5,8H2,1-4H3,(H,18,22). The third kappa shape index (κ3) is 2.86. The molecule has 1 N–H and O–H groups in total. The van der Waals surface area contributed by atoms with Crippen molar-refractivity contribution in [3.05, 3.63) is 35.2 Å². The van der Waals surface area contributed by atoms with Gasteiger partial charge in [-0.05, 0) is 38.5 Å². The molecule has 2 aromatic heterocycles. The van der Waals surface area contributed by atoms with Crippen LogP contribution >= 0.6 is 11.3 Å². The molecule has 23 heavy (non-hydrogen) atoms. The highest BCUT2D eigenvalue weighted by atomic mass is 32.1. The molecule has 0 aliphatic carbocycles. The van der Waals surface area contributed by atoms with E-state index in [0.717, 1.165) is 38.6 Å². The minimum atomic E-state index is -0.0301. The van der Waals surface area contributed by atoms with E-state index >= 15 is 0 Å². The van der Waals surface area contributed by atoms with Crippen LogP contribution < -0.4 is 5.32 Å². The fraction of sp³-hybridized carbons (Fsp3) is 0.353. The Bertz CT molecular complexity index is 878. The number of nitrogens with zero attached hydrogens (tertiary/aromatic N) is 3. The van der Waals surface area contributed by atoms with Crippen molar-refractivity contribution >= 4 is 27.5 Å². The van der Waals surface area contributed by atoms with Gasteiger partial charge in [-0.1, -0.05) is 6.92 Å². The molecule has 0 atom stereocenters. The maximum absolute atomic E-state index is 12.1. The number of amides is 1. The number of nitrogens with one attached hydrogen (secondary N) is 1. The van der Waals surface area contributed by atoms with Gasteiger partial charge < -0.3 is 5.32 Å². The van der Waals surface area contributed by atoms with E-state index in [9.17, 15) is 4.79 Å². The van der Waals surface area contributed by atoms with E-state index in [-0.39, 0.29) is 5.91 Å². The lowest BCUT2D eigenvalue weighted by Crippen LogP contribution is -2.23. The first-order valence-electron chi connectivity index (χ1n) is 7.70. The summed E-state index contributed by atoms with van der Waals surface area (Å²) in [7, 11) is 1.94. The molecule has 3 rings (SSSR count). The van der Waals surface area contributed by atoms with Crippen LogP contribution in [0.15, 0.2) is 18.2 Å². The Kier molecular flexibility index (Phi) is 4.17. The second-order valence-electron chi connectivity index (χ2n) is 5.63. The van der Waals surface area contributed by atoms with Gasteiger partial charge >= 0.3 is 0 Å². The van der Waals surface area contributed by atoms with Crippen molar-refractivity contribution in [2.75, 3.05) is 6.54 Å². The van der Waals surface area contributed by atoms with Gasteiger partial charge in [0, 0.05) is 24.8 Å². The summed E-state index contributed by atoms with van der Waals surface area (Å²) < 4.78 is 2.90. The van der Waals surface area contributed by atoms with Gasteiger partial charge in [-0.15, -0.1) is 11.3 Å². The largest absolute Gasteiger partial charge is 0.352 e. The molecule has 5 nitrogen and oxygen atoms in total. The van der Waals surface area contributed by atoms with Crippen molar-refractivity contribution in [1.82, 2.24) is 20.1 Å². The predicted molar refractivity (Wildman–Crippen MR) is 93.9 cm³/mol. The van der Waals surface area contributed by atoms with Gasteiger partial charge in [-0.3, -0.25) is 9.48 Å². The van der Waals surface area contributed by atoms with Gasteiger partial charge in [-0.25, -0.2) is 4.98 Å². The Hall–Kier alpha value is -2.21. The van der Waals surface area contributed by atoms with Crippen LogP contribution in [-0.2, 0) is 7.05 Å². The molecule has 0 bridgehead atoms. The smallest absolute Gasteiger partial charge is 0.251 e. The minimum Gasteiger partial charge on any atom is -0.352 e. The van der Waals surface area contributed by atoms with Gasteiger partial charge in [0.2, 0.25) is 0 Å². The maximum atomic E-state index is 12.1. The Balaban J connectivity index is 2.01.